The molecule has 0 bridgehead atoms. The monoisotopic (exact) mass is 364 g/mol. The maximum Gasteiger partial charge on any atom is 0.235 e. The van der Waals surface area contributed by atoms with Crippen molar-refractivity contribution in [3.05, 3.63) is 16.8 Å². The van der Waals surface area contributed by atoms with Gasteiger partial charge in [-0.3, -0.25) is 4.79 Å². The molecule has 1 amide bonds. The Morgan fingerprint density at radius 1 is 1.29 bits per heavy atom. The molecule has 0 aromatic carbocycles. The summed E-state index contributed by atoms with van der Waals surface area (Å²) in [5.74, 6) is 0.215. The fourth-order valence-electron chi connectivity index (χ4n) is 3.00. The summed E-state index contributed by atoms with van der Waals surface area (Å²) < 4.78 is 0. The maximum absolute atomic E-state index is 12.8. The number of thiophene rings is 1. The molecule has 0 spiro atoms. The lowest BCUT2D eigenvalue weighted by Gasteiger charge is -2.35. The van der Waals surface area contributed by atoms with Gasteiger partial charge in [-0.2, -0.15) is 0 Å². The zero-order chi connectivity index (χ0) is 17.3. The molecule has 24 heavy (non-hydrogen) atoms. The lowest BCUT2D eigenvalue weighted by Crippen LogP contribution is -2.50. The SMILES string of the molecule is CCN1CCN(C(=O)[C@@H](C)Sc2ncnc3sc(C)c(C)c23)CC1. The lowest BCUT2D eigenvalue weighted by molar-refractivity contribution is -0.132. The van der Waals surface area contributed by atoms with E-state index in [1.54, 1.807) is 29.4 Å². The Bertz CT molecular complexity index is 738. The summed E-state index contributed by atoms with van der Waals surface area (Å²) in [5, 5.41) is 1.91. The molecule has 130 valence electrons. The summed E-state index contributed by atoms with van der Waals surface area (Å²) in [4.78, 5) is 28.3. The van der Waals surface area contributed by atoms with Crippen LogP contribution in [0.25, 0.3) is 10.2 Å². The number of nitrogens with zero attached hydrogens (tertiary/aromatic N) is 4. The van der Waals surface area contributed by atoms with E-state index in [4.69, 9.17) is 0 Å². The number of carbonyl (C=O) groups is 1. The van der Waals surface area contributed by atoms with E-state index >= 15 is 0 Å². The van der Waals surface area contributed by atoms with Gasteiger partial charge in [0, 0.05) is 36.4 Å². The second-order valence-electron chi connectivity index (χ2n) is 6.16. The number of hydrogen-bond donors (Lipinski definition) is 0. The largest absolute Gasteiger partial charge is 0.339 e. The minimum absolute atomic E-state index is 0.129. The van der Waals surface area contributed by atoms with Gasteiger partial charge in [0.1, 0.15) is 16.2 Å². The molecule has 3 heterocycles. The molecule has 0 unspecified atom stereocenters. The minimum atomic E-state index is -0.129. The van der Waals surface area contributed by atoms with Crippen molar-refractivity contribution < 1.29 is 4.79 Å². The molecule has 3 rings (SSSR count). The number of piperazine rings is 1. The van der Waals surface area contributed by atoms with Crippen molar-refractivity contribution in [3.8, 4) is 0 Å². The first-order valence-corrected chi connectivity index (χ1v) is 10.1. The molecule has 1 aliphatic rings. The van der Waals surface area contributed by atoms with Crippen LogP contribution in [0.15, 0.2) is 11.4 Å². The van der Waals surface area contributed by atoms with Crippen LogP contribution >= 0.6 is 23.1 Å². The van der Waals surface area contributed by atoms with E-state index in [1.165, 1.54) is 10.4 Å². The van der Waals surface area contributed by atoms with Gasteiger partial charge >= 0.3 is 0 Å². The van der Waals surface area contributed by atoms with Gasteiger partial charge in [-0.25, -0.2) is 9.97 Å². The maximum atomic E-state index is 12.8. The van der Waals surface area contributed by atoms with Crippen LogP contribution < -0.4 is 0 Å². The molecule has 0 aliphatic carbocycles. The van der Waals surface area contributed by atoms with Crippen LogP contribution in [0.3, 0.4) is 0 Å². The summed E-state index contributed by atoms with van der Waals surface area (Å²) in [6.45, 7) is 13.0. The first-order chi connectivity index (χ1) is 11.5. The third-order valence-electron chi connectivity index (χ3n) is 4.70. The Morgan fingerprint density at radius 2 is 2.00 bits per heavy atom. The van der Waals surface area contributed by atoms with E-state index in [0.29, 0.717) is 0 Å². The standard InChI is InChI=1S/C17H24N4OS2/c1-5-20-6-8-21(9-7-20)17(22)13(4)24-16-14-11(2)12(3)23-15(14)18-10-19-16/h10,13H,5-9H2,1-4H3/t13-/m1/s1. The van der Waals surface area contributed by atoms with Crippen LogP contribution in [0.5, 0.6) is 0 Å². The molecule has 1 saturated heterocycles. The molecular formula is C17H24N4OS2. The van der Waals surface area contributed by atoms with Crippen LogP contribution in [0.4, 0.5) is 0 Å². The first kappa shape index (κ1) is 17.6. The Balaban J connectivity index is 1.73. The highest BCUT2D eigenvalue weighted by Gasteiger charge is 2.26. The Kier molecular flexibility index (Phi) is 5.42. The van der Waals surface area contributed by atoms with Crippen LogP contribution in [0, 0.1) is 13.8 Å². The average Bonchev–Trinajstić information content (AvgIpc) is 2.89. The first-order valence-electron chi connectivity index (χ1n) is 8.39. The van der Waals surface area contributed by atoms with Crippen molar-refractivity contribution in [3.63, 3.8) is 0 Å². The van der Waals surface area contributed by atoms with Gasteiger partial charge in [0.25, 0.3) is 0 Å². The summed E-state index contributed by atoms with van der Waals surface area (Å²) in [7, 11) is 0. The molecular weight excluding hydrogens is 340 g/mol. The molecule has 0 saturated carbocycles. The van der Waals surface area contributed by atoms with Gasteiger partial charge in [0.2, 0.25) is 5.91 Å². The number of rotatable bonds is 4. The second kappa shape index (κ2) is 7.37. The van der Waals surface area contributed by atoms with E-state index in [1.807, 2.05) is 11.8 Å². The minimum Gasteiger partial charge on any atom is -0.339 e. The Hall–Kier alpha value is -1.18. The molecule has 0 radical (unpaired) electrons. The lowest BCUT2D eigenvalue weighted by atomic mass is 10.2. The molecule has 1 aliphatic heterocycles. The summed E-state index contributed by atoms with van der Waals surface area (Å²) in [6, 6.07) is 0. The molecule has 2 aromatic heterocycles. The number of hydrogen-bond acceptors (Lipinski definition) is 6. The third-order valence-corrected chi connectivity index (χ3v) is 6.90. The number of carbonyl (C=O) groups excluding carboxylic acids is 1. The zero-order valence-corrected chi connectivity index (χ0v) is 16.3. The Labute approximate surface area is 151 Å². The number of aryl methyl sites for hydroxylation is 2. The van der Waals surface area contributed by atoms with Gasteiger partial charge < -0.3 is 9.80 Å². The zero-order valence-electron chi connectivity index (χ0n) is 14.7. The van der Waals surface area contributed by atoms with Crippen molar-refractivity contribution in [2.24, 2.45) is 0 Å². The van der Waals surface area contributed by atoms with E-state index in [2.05, 4.69) is 35.6 Å². The summed E-state index contributed by atoms with van der Waals surface area (Å²) >= 11 is 3.25. The highest BCUT2D eigenvalue weighted by molar-refractivity contribution is 8.00. The molecule has 1 fully saturated rings. The van der Waals surface area contributed by atoms with Crippen molar-refractivity contribution >= 4 is 39.2 Å². The average molecular weight is 365 g/mol. The van der Waals surface area contributed by atoms with Crippen molar-refractivity contribution in [1.82, 2.24) is 19.8 Å². The fraction of sp³-hybridized carbons (Fsp3) is 0.588. The van der Waals surface area contributed by atoms with E-state index in [9.17, 15) is 4.79 Å². The topological polar surface area (TPSA) is 49.3 Å². The van der Waals surface area contributed by atoms with Crippen molar-refractivity contribution in [1.29, 1.82) is 0 Å². The van der Waals surface area contributed by atoms with E-state index < -0.39 is 0 Å². The molecule has 5 nitrogen and oxygen atoms in total. The normalized spacial score (nSPS) is 17.4. The molecule has 1 atom stereocenters. The van der Waals surface area contributed by atoms with Crippen LogP contribution in [-0.2, 0) is 4.79 Å². The number of aromatic nitrogens is 2. The quantitative estimate of drug-likeness (QED) is 0.617. The van der Waals surface area contributed by atoms with Crippen LogP contribution in [-0.4, -0.2) is 63.6 Å². The third kappa shape index (κ3) is 3.43. The molecule has 0 N–H and O–H groups in total. The second-order valence-corrected chi connectivity index (χ2v) is 8.69. The van der Waals surface area contributed by atoms with Crippen molar-refractivity contribution in [2.75, 3.05) is 32.7 Å². The van der Waals surface area contributed by atoms with E-state index in [-0.39, 0.29) is 11.2 Å². The van der Waals surface area contributed by atoms with E-state index in [0.717, 1.165) is 48.0 Å². The number of thioether (sulfide) groups is 1. The fourth-order valence-corrected chi connectivity index (χ4v) is 5.12. The summed E-state index contributed by atoms with van der Waals surface area (Å²) in [6.07, 6.45) is 1.61. The summed E-state index contributed by atoms with van der Waals surface area (Å²) in [5.41, 5.74) is 1.23. The predicted octanol–water partition coefficient (Wildman–Crippen LogP) is 2.95. The van der Waals surface area contributed by atoms with Gasteiger partial charge in [-0.15, -0.1) is 11.3 Å². The smallest absolute Gasteiger partial charge is 0.235 e. The molecule has 7 heteroatoms. The predicted molar refractivity (Wildman–Crippen MR) is 101 cm³/mol. The van der Waals surface area contributed by atoms with Crippen LogP contribution in [0.2, 0.25) is 0 Å². The highest BCUT2D eigenvalue weighted by Crippen LogP contribution is 2.36. The van der Waals surface area contributed by atoms with Crippen LogP contribution in [0.1, 0.15) is 24.3 Å². The highest BCUT2D eigenvalue weighted by atomic mass is 32.2. The van der Waals surface area contributed by atoms with Gasteiger partial charge in [-0.1, -0.05) is 18.7 Å². The van der Waals surface area contributed by atoms with Gasteiger partial charge in [0.15, 0.2) is 0 Å². The molecule has 2 aromatic rings. The number of likely N-dealkylation sites (N-methyl/N-ethyl adjacent to an activating group) is 1. The number of amides is 1. The van der Waals surface area contributed by atoms with Crippen molar-refractivity contribution in [2.45, 2.75) is 38.0 Å². The van der Waals surface area contributed by atoms with Gasteiger partial charge in [-0.05, 0) is 32.9 Å². The Morgan fingerprint density at radius 3 is 2.67 bits per heavy atom. The number of fused-ring (bicyclic) bond motifs is 1. The van der Waals surface area contributed by atoms with Gasteiger partial charge in [0.05, 0.1) is 5.25 Å².